The van der Waals surface area contributed by atoms with Crippen molar-refractivity contribution in [3.8, 4) is 0 Å². The first-order valence-corrected chi connectivity index (χ1v) is 6.39. The van der Waals surface area contributed by atoms with Crippen molar-refractivity contribution in [1.29, 1.82) is 0 Å². The molecule has 0 aromatic rings. The quantitative estimate of drug-likeness (QED) is 0.753. The molecule has 1 fully saturated rings. The lowest BCUT2D eigenvalue weighted by Gasteiger charge is -2.37. The Labute approximate surface area is 87.1 Å². The number of rotatable bonds is 3. The van der Waals surface area contributed by atoms with Crippen LogP contribution in [0.25, 0.3) is 0 Å². The van der Waals surface area contributed by atoms with E-state index in [1.54, 1.807) is 0 Å². The Morgan fingerprint density at radius 1 is 1.54 bits per heavy atom. The van der Waals surface area contributed by atoms with Crippen molar-refractivity contribution in [2.75, 3.05) is 12.3 Å². The van der Waals surface area contributed by atoms with Crippen LogP contribution in [0.2, 0.25) is 0 Å². The van der Waals surface area contributed by atoms with E-state index in [4.69, 9.17) is 0 Å². The van der Waals surface area contributed by atoms with Gasteiger partial charge in [0.1, 0.15) is 0 Å². The van der Waals surface area contributed by atoms with E-state index in [9.17, 15) is 0 Å². The second-order valence-corrected chi connectivity index (χ2v) is 6.48. The SMILES string of the molecule is CC(C)CCC1(C)NCC(C)CS1. The smallest absolute Gasteiger partial charge is 0.0617 e. The third-order valence-electron chi connectivity index (χ3n) is 2.71. The molecule has 1 saturated heterocycles. The van der Waals surface area contributed by atoms with Gasteiger partial charge in [0, 0.05) is 0 Å². The highest BCUT2D eigenvalue weighted by molar-refractivity contribution is 8.00. The van der Waals surface area contributed by atoms with Gasteiger partial charge in [0.15, 0.2) is 0 Å². The molecule has 2 unspecified atom stereocenters. The molecular weight excluding hydrogens is 178 g/mol. The second kappa shape index (κ2) is 4.70. The molecule has 78 valence electrons. The van der Waals surface area contributed by atoms with E-state index in [0.717, 1.165) is 11.8 Å². The monoisotopic (exact) mass is 201 g/mol. The first kappa shape index (κ1) is 11.4. The van der Waals surface area contributed by atoms with Crippen LogP contribution < -0.4 is 5.32 Å². The maximum Gasteiger partial charge on any atom is 0.0617 e. The van der Waals surface area contributed by atoms with E-state index in [2.05, 4.69) is 44.8 Å². The normalized spacial score (nSPS) is 35.3. The third-order valence-corrected chi connectivity index (χ3v) is 4.43. The average Bonchev–Trinajstić information content (AvgIpc) is 2.08. The molecule has 1 aliphatic heterocycles. The van der Waals surface area contributed by atoms with Crippen molar-refractivity contribution in [2.24, 2.45) is 11.8 Å². The summed E-state index contributed by atoms with van der Waals surface area (Å²) in [5, 5.41) is 3.66. The summed E-state index contributed by atoms with van der Waals surface area (Å²) in [5.41, 5.74) is 0. The van der Waals surface area contributed by atoms with Crippen LogP contribution in [0, 0.1) is 11.8 Å². The zero-order valence-corrected chi connectivity index (χ0v) is 10.2. The molecule has 1 heterocycles. The van der Waals surface area contributed by atoms with Gasteiger partial charge in [-0.25, -0.2) is 0 Å². The highest BCUT2D eigenvalue weighted by atomic mass is 32.2. The van der Waals surface area contributed by atoms with Crippen LogP contribution >= 0.6 is 11.8 Å². The van der Waals surface area contributed by atoms with Crippen LogP contribution in [0.1, 0.15) is 40.5 Å². The van der Waals surface area contributed by atoms with Crippen molar-refractivity contribution >= 4 is 11.8 Å². The molecular formula is C11H23NS. The van der Waals surface area contributed by atoms with Crippen LogP contribution in [0.4, 0.5) is 0 Å². The summed E-state index contributed by atoms with van der Waals surface area (Å²) < 4.78 is 0. The number of hydrogen-bond acceptors (Lipinski definition) is 2. The van der Waals surface area contributed by atoms with Gasteiger partial charge in [0.05, 0.1) is 4.87 Å². The summed E-state index contributed by atoms with van der Waals surface area (Å²) in [6.07, 6.45) is 2.65. The van der Waals surface area contributed by atoms with Gasteiger partial charge < -0.3 is 5.32 Å². The Bertz CT molecular complexity index is 148. The van der Waals surface area contributed by atoms with E-state index in [-0.39, 0.29) is 0 Å². The first-order chi connectivity index (χ1) is 6.02. The topological polar surface area (TPSA) is 12.0 Å². The molecule has 13 heavy (non-hydrogen) atoms. The molecule has 0 spiro atoms. The summed E-state index contributed by atoms with van der Waals surface area (Å²) in [6.45, 7) is 10.5. The molecule has 0 aromatic carbocycles. The fourth-order valence-corrected chi connectivity index (χ4v) is 2.77. The van der Waals surface area contributed by atoms with Crippen molar-refractivity contribution in [1.82, 2.24) is 5.32 Å². The predicted molar refractivity (Wildman–Crippen MR) is 62.1 cm³/mol. The molecule has 0 radical (unpaired) electrons. The molecule has 1 rings (SSSR count). The molecule has 0 aromatic heterocycles. The van der Waals surface area contributed by atoms with E-state index in [1.165, 1.54) is 25.1 Å². The van der Waals surface area contributed by atoms with Crippen LogP contribution in [0.5, 0.6) is 0 Å². The maximum absolute atomic E-state index is 3.66. The van der Waals surface area contributed by atoms with Gasteiger partial charge in [-0.15, -0.1) is 11.8 Å². The van der Waals surface area contributed by atoms with Gasteiger partial charge in [-0.1, -0.05) is 20.8 Å². The summed E-state index contributed by atoms with van der Waals surface area (Å²) in [5.74, 6) is 3.00. The number of hydrogen-bond donors (Lipinski definition) is 1. The zero-order chi connectivity index (χ0) is 9.90. The van der Waals surface area contributed by atoms with Crippen molar-refractivity contribution in [3.63, 3.8) is 0 Å². The van der Waals surface area contributed by atoms with Crippen molar-refractivity contribution in [2.45, 2.75) is 45.4 Å². The van der Waals surface area contributed by atoms with Gasteiger partial charge in [0.25, 0.3) is 0 Å². The van der Waals surface area contributed by atoms with Crippen LogP contribution in [-0.2, 0) is 0 Å². The Morgan fingerprint density at radius 3 is 2.69 bits per heavy atom. The Kier molecular flexibility index (Phi) is 4.11. The minimum atomic E-state index is 0.358. The number of nitrogens with one attached hydrogen (secondary N) is 1. The largest absolute Gasteiger partial charge is 0.303 e. The van der Waals surface area contributed by atoms with Gasteiger partial charge >= 0.3 is 0 Å². The lowest BCUT2D eigenvalue weighted by atomic mass is 10.0. The Balaban J connectivity index is 2.30. The average molecular weight is 201 g/mol. The van der Waals surface area contributed by atoms with Gasteiger partial charge in [-0.2, -0.15) is 0 Å². The molecule has 1 aliphatic rings. The van der Waals surface area contributed by atoms with Crippen LogP contribution in [0.3, 0.4) is 0 Å². The summed E-state index contributed by atoms with van der Waals surface area (Å²) >= 11 is 2.10. The summed E-state index contributed by atoms with van der Waals surface area (Å²) in [6, 6.07) is 0. The standard InChI is InChI=1S/C11H23NS/c1-9(2)5-6-11(4)12-7-10(3)8-13-11/h9-10,12H,5-8H2,1-4H3. The summed E-state index contributed by atoms with van der Waals surface area (Å²) in [4.78, 5) is 0.358. The third kappa shape index (κ3) is 3.90. The van der Waals surface area contributed by atoms with E-state index in [0.29, 0.717) is 4.87 Å². The first-order valence-electron chi connectivity index (χ1n) is 5.41. The molecule has 0 bridgehead atoms. The van der Waals surface area contributed by atoms with Gasteiger partial charge in [-0.05, 0) is 43.9 Å². The molecule has 2 atom stereocenters. The minimum Gasteiger partial charge on any atom is -0.303 e. The zero-order valence-electron chi connectivity index (χ0n) is 9.39. The molecule has 1 N–H and O–H groups in total. The number of thioether (sulfide) groups is 1. The minimum absolute atomic E-state index is 0.358. The van der Waals surface area contributed by atoms with E-state index in [1.807, 2.05) is 0 Å². The van der Waals surface area contributed by atoms with E-state index >= 15 is 0 Å². The fraction of sp³-hybridized carbons (Fsp3) is 1.00. The molecule has 0 amide bonds. The Hall–Kier alpha value is 0.310. The van der Waals surface area contributed by atoms with Gasteiger partial charge in [-0.3, -0.25) is 0 Å². The molecule has 0 saturated carbocycles. The van der Waals surface area contributed by atoms with Gasteiger partial charge in [0.2, 0.25) is 0 Å². The maximum atomic E-state index is 3.66. The lowest BCUT2D eigenvalue weighted by molar-refractivity contribution is 0.382. The van der Waals surface area contributed by atoms with E-state index < -0.39 is 0 Å². The van der Waals surface area contributed by atoms with Crippen molar-refractivity contribution in [3.05, 3.63) is 0 Å². The highest BCUT2D eigenvalue weighted by Gasteiger charge is 2.29. The second-order valence-electron chi connectivity index (χ2n) is 4.96. The fourth-order valence-electron chi connectivity index (χ4n) is 1.55. The van der Waals surface area contributed by atoms with Crippen molar-refractivity contribution < 1.29 is 0 Å². The molecule has 0 aliphatic carbocycles. The summed E-state index contributed by atoms with van der Waals surface area (Å²) in [7, 11) is 0. The molecule has 1 nitrogen and oxygen atoms in total. The molecule has 2 heteroatoms. The predicted octanol–water partition coefficient (Wildman–Crippen LogP) is 3.11. The van der Waals surface area contributed by atoms with Crippen LogP contribution in [0.15, 0.2) is 0 Å². The lowest BCUT2D eigenvalue weighted by Crippen LogP contribution is -2.46. The van der Waals surface area contributed by atoms with Crippen LogP contribution in [-0.4, -0.2) is 17.2 Å². The highest BCUT2D eigenvalue weighted by Crippen LogP contribution is 2.33. The Morgan fingerprint density at radius 2 is 2.23 bits per heavy atom.